The monoisotopic (exact) mass is 412 g/mol. The molecular formula is C25H20N2O4. The molecule has 2 fully saturated rings. The van der Waals surface area contributed by atoms with E-state index in [0.29, 0.717) is 12.2 Å². The number of para-hydroxylation sites is 2. The smallest absolute Gasteiger partial charge is 0.265 e. The molecule has 1 amide bonds. The quantitative estimate of drug-likeness (QED) is 0.427. The summed E-state index contributed by atoms with van der Waals surface area (Å²) in [5, 5.41) is 1.80. The van der Waals surface area contributed by atoms with Gasteiger partial charge in [-0.3, -0.25) is 14.5 Å². The lowest BCUT2D eigenvalue weighted by Gasteiger charge is -2.51. The minimum atomic E-state index is -1.08. The number of benzene rings is 2. The molecule has 6 rings (SSSR count). The van der Waals surface area contributed by atoms with Crippen LogP contribution in [0.3, 0.4) is 0 Å². The Kier molecular flexibility index (Phi) is 4.01. The van der Waals surface area contributed by atoms with Gasteiger partial charge in [-0.1, -0.05) is 36.4 Å². The molecule has 2 aromatic heterocycles. The van der Waals surface area contributed by atoms with E-state index in [0.717, 1.165) is 17.1 Å². The Hall–Kier alpha value is -3.77. The van der Waals surface area contributed by atoms with Crippen molar-refractivity contribution in [3.05, 3.63) is 109 Å². The van der Waals surface area contributed by atoms with E-state index in [-0.39, 0.29) is 18.0 Å². The van der Waals surface area contributed by atoms with Crippen molar-refractivity contribution in [1.82, 2.24) is 0 Å². The first-order valence-electron chi connectivity index (χ1n) is 10.3. The summed E-state index contributed by atoms with van der Waals surface area (Å²) in [5.41, 5.74) is 0.599. The molecule has 6 heteroatoms. The molecule has 6 nitrogen and oxygen atoms in total. The molecule has 0 unspecified atom stereocenters. The van der Waals surface area contributed by atoms with Gasteiger partial charge in [0.05, 0.1) is 18.2 Å². The Morgan fingerprint density at radius 2 is 1.35 bits per heavy atom. The summed E-state index contributed by atoms with van der Waals surface area (Å²) in [6.45, 7) is 0. The molecule has 154 valence electrons. The summed E-state index contributed by atoms with van der Waals surface area (Å²) in [4.78, 5) is 22.0. The van der Waals surface area contributed by atoms with Crippen molar-refractivity contribution in [2.75, 3.05) is 9.96 Å². The van der Waals surface area contributed by atoms with Crippen LogP contribution >= 0.6 is 0 Å². The zero-order chi connectivity index (χ0) is 20.8. The first-order chi connectivity index (χ1) is 15.3. The van der Waals surface area contributed by atoms with Crippen LogP contribution < -0.4 is 9.96 Å². The lowest BCUT2D eigenvalue weighted by molar-refractivity contribution is -0.159. The molecule has 2 aromatic carbocycles. The van der Waals surface area contributed by atoms with Crippen LogP contribution in [0.2, 0.25) is 0 Å². The third-order valence-corrected chi connectivity index (χ3v) is 6.05. The van der Waals surface area contributed by atoms with E-state index in [2.05, 4.69) is 0 Å². The van der Waals surface area contributed by atoms with E-state index in [1.165, 1.54) is 0 Å². The maximum atomic E-state index is 13.7. The van der Waals surface area contributed by atoms with Crippen molar-refractivity contribution >= 4 is 17.3 Å². The second-order valence-corrected chi connectivity index (χ2v) is 7.81. The molecule has 0 bridgehead atoms. The van der Waals surface area contributed by atoms with E-state index < -0.39 is 5.60 Å². The van der Waals surface area contributed by atoms with Gasteiger partial charge < -0.3 is 8.83 Å². The van der Waals surface area contributed by atoms with E-state index in [1.807, 2.05) is 84.9 Å². The molecule has 3 atom stereocenters. The number of rotatable bonds is 4. The van der Waals surface area contributed by atoms with Gasteiger partial charge in [0, 0.05) is 12.1 Å². The molecule has 31 heavy (non-hydrogen) atoms. The number of β-lactam (4-membered cyclic amide) rings is 1. The molecule has 0 N–H and O–H groups in total. The van der Waals surface area contributed by atoms with Gasteiger partial charge in [-0.15, -0.1) is 0 Å². The van der Waals surface area contributed by atoms with Gasteiger partial charge >= 0.3 is 0 Å². The summed E-state index contributed by atoms with van der Waals surface area (Å²) >= 11 is 0. The van der Waals surface area contributed by atoms with E-state index in [4.69, 9.17) is 13.7 Å². The third kappa shape index (κ3) is 2.65. The van der Waals surface area contributed by atoms with Crippen LogP contribution in [0.1, 0.15) is 30.0 Å². The fourth-order valence-electron chi connectivity index (χ4n) is 4.68. The molecule has 2 saturated heterocycles. The van der Waals surface area contributed by atoms with Gasteiger partial charge in [-0.2, -0.15) is 0 Å². The van der Waals surface area contributed by atoms with Crippen LogP contribution in [0.15, 0.2) is 106 Å². The highest BCUT2D eigenvalue weighted by Gasteiger charge is 2.70. The number of nitrogens with zero attached hydrogens (tertiary/aromatic N) is 2. The Labute approximate surface area is 179 Å². The average Bonchev–Trinajstić information content (AvgIpc) is 3.59. The number of carbonyl (C=O) groups excluding carboxylic acids is 1. The zero-order valence-corrected chi connectivity index (χ0v) is 16.6. The Balaban J connectivity index is 1.45. The molecule has 4 aromatic rings. The maximum Gasteiger partial charge on any atom is 0.265 e. The number of hydrogen-bond acceptors (Lipinski definition) is 5. The molecule has 1 spiro atoms. The highest BCUT2D eigenvalue weighted by molar-refractivity contribution is 6.08. The van der Waals surface area contributed by atoms with Gasteiger partial charge in [-0.25, -0.2) is 5.06 Å². The van der Waals surface area contributed by atoms with Crippen molar-refractivity contribution in [3.8, 4) is 0 Å². The van der Waals surface area contributed by atoms with Crippen LogP contribution in [0.4, 0.5) is 11.4 Å². The van der Waals surface area contributed by atoms with Gasteiger partial charge in [0.1, 0.15) is 23.6 Å². The zero-order valence-electron chi connectivity index (χ0n) is 16.6. The SMILES string of the molecule is O=C1N(c2ccccc2)[C@@H](c2ccco2)[C@@]12C[C@@H](c1ccco1)N(c1ccccc1)O2. The molecule has 2 aliphatic heterocycles. The molecule has 2 aliphatic rings. The number of hydroxylamine groups is 1. The van der Waals surface area contributed by atoms with Crippen LogP contribution in [-0.4, -0.2) is 11.5 Å². The molecule has 4 heterocycles. The minimum absolute atomic E-state index is 0.0879. The Bertz CT molecular complexity index is 1180. The van der Waals surface area contributed by atoms with Crippen molar-refractivity contribution in [3.63, 3.8) is 0 Å². The lowest BCUT2D eigenvalue weighted by Crippen LogP contribution is -2.69. The van der Waals surface area contributed by atoms with Gasteiger partial charge in [0.2, 0.25) is 5.60 Å². The van der Waals surface area contributed by atoms with Crippen molar-refractivity contribution in [2.24, 2.45) is 0 Å². The summed E-state index contributed by atoms with van der Waals surface area (Å²) in [7, 11) is 0. The normalized spacial score (nSPS) is 25.2. The van der Waals surface area contributed by atoms with Crippen molar-refractivity contribution in [1.29, 1.82) is 0 Å². The highest BCUT2D eigenvalue weighted by Crippen LogP contribution is 2.58. The van der Waals surface area contributed by atoms with Crippen LogP contribution in [-0.2, 0) is 9.63 Å². The highest BCUT2D eigenvalue weighted by atomic mass is 16.7. The molecule has 0 saturated carbocycles. The van der Waals surface area contributed by atoms with Gasteiger partial charge in [0.15, 0.2) is 0 Å². The largest absolute Gasteiger partial charge is 0.467 e. The summed E-state index contributed by atoms with van der Waals surface area (Å²) < 4.78 is 11.5. The first-order valence-corrected chi connectivity index (χ1v) is 10.3. The van der Waals surface area contributed by atoms with E-state index >= 15 is 0 Å². The minimum Gasteiger partial charge on any atom is -0.467 e. The second-order valence-electron chi connectivity index (χ2n) is 7.81. The molecular weight excluding hydrogens is 392 g/mol. The fourth-order valence-corrected chi connectivity index (χ4v) is 4.68. The standard InChI is InChI=1S/C25H20N2O4/c28-24-25(23(22-14-8-16-30-22)26(24)18-9-3-1-4-10-18)17-20(21-13-7-15-29-21)27(31-25)19-11-5-2-6-12-19/h1-16,20,23H,17H2/t20-,23-,25-/m0/s1. The lowest BCUT2D eigenvalue weighted by atomic mass is 9.76. The average molecular weight is 412 g/mol. The van der Waals surface area contributed by atoms with Crippen LogP contribution in [0.5, 0.6) is 0 Å². The summed E-state index contributed by atoms with van der Waals surface area (Å²) in [5.74, 6) is 1.36. The van der Waals surface area contributed by atoms with Crippen LogP contribution in [0.25, 0.3) is 0 Å². The second kappa shape index (κ2) is 6.89. The molecule has 0 radical (unpaired) electrons. The first kappa shape index (κ1) is 18.0. The Morgan fingerprint density at radius 3 is 1.97 bits per heavy atom. The number of amides is 1. The number of furan rings is 2. The summed E-state index contributed by atoms with van der Waals surface area (Å²) in [6.07, 6.45) is 3.72. The summed E-state index contributed by atoms with van der Waals surface area (Å²) in [6, 6.07) is 26.3. The van der Waals surface area contributed by atoms with Gasteiger partial charge in [0.25, 0.3) is 5.91 Å². The fraction of sp³-hybridized carbons (Fsp3) is 0.160. The van der Waals surface area contributed by atoms with Gasteiger partial charge in [-0.05, 0) is 48.5 Å². The topological polar surface area (TPSA) is 59.1 Å². The number of anilines is 2. The third-order valence-electron chi connectivity index (χ3n) is 6.05. The molecule has 0 aliphatic carbocycles. The van der Waals surface area contributed by atoms with Crippen molar-refractivity contribution < 1.29 is 18.5 Å². The van der Waals surface area contributed by atoms with Crippen LogP contribution in [0, 0.1) is 0 Å². The van der Waals surface area contributed by atoms with E-state index in [9.17, 15) is 4.79 Å². The number of carbonyl (C=O) groups is 1. The van der Waals surface area contributed by atoms with Crippen molar-refractivity contribution in [2.45, 2.75) is 24.1 Å². The predicted octanol–water partition coefficient (Wildman–Crippen LogP) is 5.28. The van der Waals surface area contributed by atoms with E-state index in [1.54, 1.807) is 22.5 Å². The maximum absolute atomic E-state index is 13.7. The Morgan fingerprint density at radius 1 is 0.742 bits per heavy atom. The predicted molar refractivity (Wildman–Crippen MR) is 114 cm³/mol. The number of hydrogen-bond donors (Lipinski definition) is 0.